The Labute approximate surface area is 306 Å². The first-order chi connectivity index (χ1) is 24.8. The smallest absolute Gasteiger partial charge is 0.000905 e. The second-order valence-corrected chi connectivity index (χ2v) is 17.8. The summed E-state index contributed by atoms with van der Waals surface area (Å²) < 4.78 is 0. The van der Waals surface area contributed by atoms with Crippen LogP contribution in [0.2, 0.25) is 0 Å². The summed E-state index contributed by atoms with van der Waals surface area (Å²) in [6.07, 6.45) is 6.44. The molecule has 0 amide bonds. The molecule has 0 bridgehead atoms. The van der Waals surface area contributed by atoms with Crippen molar-refractivity contribution >= 4 is 71.1 Å². The zero-order valence-corrected chi connectivity index (χ0v) is 32.0. The molecule has 2 heteroatoms. The van der Waals surface area contributed by atoms with Crippen LogP contribution in [0.1, 0.15) is 29.2 Å². The lowest BCUT2D eigenvalue weighted by Crippen LogP contribution is -2.35. The fourth-order valence-corrected chi connectivity index (χ4v) is 11.7. The molecule has 0 aliphatic rings. The molecule has 0 radical (unpaired) electrons. The highest BCUT2D eigenvalue weighted by Gasteiger charge is 2.27. The maximum absolute atomic E-state index is 4.94. The minimum atomic E-state index is -0.926. The third-order valence-corrected chi connectivity index (χ3v) is 14.6. The summed E-state index contributed by atoms with van der Waals surface area (Å²) in [6.45, 7) is 15.7. The molecule has 7 aromatic rings. The van der Waals surface area contributed by atoms with Crippen LogP contribution in [0, 0.1) is 27.7 Å². The Hall–Kier alpha value is -4.86. The Bertz CT molecular complexity index is 2360. The number of fused-ring (bicyclic) bond motifs is 1. The Morgan fingerprint density at radius 1 is 0.451 bits per heavy atom. The van der Waals surface area contributed by atoms with Crippen molar-refractivity contribution in [2.45, 2.75) is 34.6 Å². The lowest BCUT2D eigenvalue weighted by molar-refractivity contribution is 1.48. The van der Waals surface area contributed by atoms with E-state index in [-0.39, 0.29) is 0 Å². The largest absolute Gasteiger partial charge is 0.0905 e. The molecule has 0 aromatic heterocycles. The van der Waals surface area contributed by atoms with E-state index in [1.54, 1.807) is 0 Å². The van der Waals surface area contributed by atoms with Gasteiger partial charge in [0.15, 0.2) is 0 Å². The van der Waals surface area contributed by atoms with Crippen LogP contribution in [-0.4, -0.2) is 0 Å². The van der Waals surface area contributed by atoms with Gasteiger partial charge in [-0.25, -0.2) is 0 Å². The summed E-state index contributed by atoms with van der Waals surface area (Å²) in [7, 11) is -1.84. The maximum atomic E-state index is 4.94. The van der Waals surface area contributed by atoms with Gasteiger partial charge in [0.1, 0.15) is 0 Å². The monoisotopic (exact) mass is 694 g/mol. The lowest BCUT2D eigenvalue weighted by Gasteiger charge is -2.28. The van der Waals surface area contributed by atoms with E-state index in [9.17, 15) is 0 Å². The fraction of sp³-hybridized carbons (Fsp3) is 0.102. The lowest BCUT2D eigenvalue weighted by atomic mass is 9.96. The van der Waals surface area contributed by atoms with E-state index < -0.39 is 15.8 Å². The summed E-state index contributed by atoms with van der Waals surface area (Å²) in [5.41, 5.74) is 7.62. The van der Waals surface area contributed by atoms with Gasteiger partial charge < -0.3 is 0 Å². The first-order valence-electron chi connectivity index (χ1n) is 17.7. The van der Waals surface area contributed by atoms with Crippen LogP contribution in [0.25, 0.3) is 34.6 Å². The van der Waals surface area contributed by atoms with Gasteiger partial charge in [-0.1, -0.05) is 193 Å². The molecule has 0 aliphatic heterocycles. The molecule has 0 unspecified atom stereocenters. The summed E-state index contributed by atoms with van der Waals surface area (Å²) in [6, 6.07) is 55.1. The van der Waals surface area contributed by atoms with Crippen molar-refractivity contribution in [3.8, 4) is 11.1 Å². The van der Waals surface area contributed by atoms with Crippen LogP contribution >= 0.6 is 15.8 Å². The third kappa shape index (κ3) is 7.18. The number of allylic oxidation sites excluding steroid dienone is 2. The van der Waals surface area contributed by atoms with E-state index in [2.05, 4.69) is 198 Å². The molecule has 7 aromatic carbocycles. The SMILES string of the molecule is C=c1c(-c2c(P(c3ccc(C)cc3)c3ccc(C)cc3)ccc3ccccc23)c(P(c2ccc(C)cc2)c2ccc(C)cc2)cc/c1=C/C=C\C. The van der Waals surface area contributed by atoms with Gasteiger partial charge in [0.2, 0.25) is 0 Å². The van der Waals surface area contributed by atoms with E-state index in [1.165, 1.54) is 76.0 Å². The Balaban J connectivity index is 1.64. The highest BCUT2D eigenvalue weighted by Crippen LogP contribution is 2.42. The maximum Gasteiger partial charge on any atom is -0.000905 e. The molecule has 0 fully saturated rings. The van der Waals surface area contributed by atoms with Gasteiger partial charge in [0.25, 0.3) is 0 Å². The van der Waals surface area contributed by atoms with Gasteiger partial charge in [-0.3, -0.25) is 0 Å². The summed E-state index contributed by atoms with van der Waals surface area (Å²) >= 11 is 0. The second kappa shape index (κ2) is 15.2. The highest BCUT2D eigenvalue weighted by molar-refractivity contribution is 7.80. The number of rotatable bonds is 8. The van der Waals surface area contributed by atoms with Crippen LogP contribution in [0.3, 0.4) is 0 Å². The molecule has 7 rings (SSSR count). The molecule has 0 nitrogen and oxygen atoms in total. The van der Waals surface area contributed by atoms with Crippen molar-refractivity contribution in [2.75, 3.05) is 0 Å². The Kier molecular flexibility index (Phi) is 10.3. The van der Waals surface area contributed by atoms with Gasteiger partial charge in [0.05, 0.1) is 0 Å². The van der Waals surface area contributed by atoms with E-state index >= 15 is 0 Å². The van der Waals surface area contributed by atoms with Crippen molar-refractivity contribution in [3.05, 3.63) is 190 Å². The van der Waals surface area contributed by atoms with Crippen LogP contribution in [0.5, 0.6) is 0 Å². The zero-order valence-electron chi connectivity index (χ0n) is 30.2. The van der Waals surface area contributed by atoms with Crippen molar-refractivity contribution < 1.29 is 0 Å². The molecule has 0 aliphatic carbocycles. The average Bonchev–Trinajstić information content (AvgIpc) is 3.15. The number of aryl methyl sites for hydroxylation is 4. The summed E-state index contributed by atoms with van der Waals surface area (Å²) in [4.78, 5) is 0. The van der Waals surface area contributed by atoms with Gasteiger partial charge in [-0.2, -0.15) is 0 Å². The van der Waals surface area contributed by atoms with Gasteiger partial charge >= 0.3 is 0 Å². The summed E-state index contributed by atoms with van der Waals surface area (Å²) in [5, 5.41) is 12.8. The van der Waals surface area contributed by atoms with Crippen molar-refractivity contribution in [2.24, 2.45) is 0 Å². The topological polar surface area (TPSA) is 0 Å². The standard InChI is InChI=1S/C49H44P2/c1-7-8-11-39-22-32-46(50(41-24-14-34(2)15-25-41)42-26-16-35(3)17-27-42)48(38(39)6)49-45-13-10-9-12-40(45)23-33-47(49)51(43-28-18-36(4)19-29-43)44-30-20-37(5)21-31-44/h7-33H,6H2,1-5H3/b8-7-,39-11-. The quantitative estimate of drug-likeness (QED) is 0.139. The molecular formula is C49H44P2. The average molecular weight is 695 g/mol. The van der Waals surface area contributed by atoms with Crippen LogP contribution in [0.15, 0.2) is 158 Å². The molecule has 0 saturated heterocycles. The van der Waals surface area contributed by atoms with Crippen molar-refractivity contribution in [3.63, 3.8) is 0 Å². The third-order valence-electron chi connectivity index (χ3n) is 9.60. The number of hydrogen-bond acceptors (Lipinski definition) is 0. The Morgan fingerprint density at radius 2 is 0.863 bits per heavy atom. The number of benzene rings is 7. The van der Waals surface area contributed by atoms with Crippen LogP contribution in [0.4, 0.5) is 0 Å². The molecule has 0 atom stereocenters. The van der Waals surface area contributed by atoms with Gasteiger partial charge in [-0.15, -0.1) is 0 Å². The van der Waals surface area contributed by atoms with E-state index in [1.807, 2.05) is 0 Å². The predicted molar refractivity (Wildman–Crippen MR) is 230 cm³/mol. The van der Waals surface area contributed by atoms with Gasteiger partial charge in [-0.05, 0) is 115 Å². The summed E-state index contributed by atoms with van der Waals surface area (Å²) in [5.74, 6) is 0. The zero-order chi connectivity index (χ0) is 35.5. The van der Waals surface area contributed by atoms with Crippen LogP contribution < -0.4 is 42.3 Å². The first kappa shape index (κ1) is 34.6. The minimum Gasteiger partial charge on any atom is -0.0905 e. The van der Waals surface area contributed by atoms with E-state index in [4.69, 9.17) is 6.58 Å². The molecule has 0 N–H and O–H groups in total. The normalized spacial score (nSPS) is 12.1. The predicted octanol–water partition coefficient (Wildman–Crippen LogP) is 9.02. The van der Waals surface area contributed by atoms with E-state index in [0.717, 1.165) is 10.4 Å². The first-order valence-corrected chi connectivity index (χ1v) is 20.3. The Morgan fingerprint density at radius 3 is 1.31 bits per heavy atom. The van der Waals surface area contributed by atoms with Crippen molar-refractivity contribution in [1.82, 2.24) is 0 Å². The molecular weight excluding hydrogens is 650 g/mol. The van der Waals surface area contributed by atoms with Crippen LogP contribution in [-0.2, 0) is 0 Å². The molecule has 51 heavy (non-hydrogen) atoms. The second-order valence-electron chi connectivity index (χ2n) is 13.4. The molecule has 0 spiro atoms. The highest BCUT2D eigenvalue weighted by atomic mass is 31.1. The van der Waals surface area contributed by atoms with Gasteiger partial charge in [0, 0.05) is 0 Å². The minimum absolute atomic E-state index is 0.915. The molecule has 0 saturated carbocycles. The van der Waals surface area contributed by atoms with E-state index in [0.29, 0.717) is 0 Å². The fourth-order valence-electron chi connectivity index (χ4n) is 6.81. The van der Waals surface area contributed by atoms with Crippen molar-refractivity contribution in [1.29, 1.82) is 0 Å². The molecule has 250 valence electrons. The number of hydrogen-bond donors (Lipinski definition) is 0. The molecule has 0 heterocycles.